The highest BCUT2D eigenvalue weighted by molar-refractivity contribution is 7.18. The van der Waals surface area contributed by atoms with Crippen LogP contribution in [-0.4, -0.2) is 10.2 Å². The molecule has 1 aromatic heterocycles. The van der Waals surface area contributed by atoms with E-state index in [0.717, 1.165) is 0 Å². The summed E-state index contributed by atoms with van der Waals surface area (Å²) in [6.07, 6.45) is 0. The molecule has 0 amide bonds. The van der Waals surface area contributed by atoms with Crippen LogP contribution in [0.5, 0.6) is 0 Å². The summed E-state index contributed by atoms with van der Waals surface area (Å²) in [5.41, 5.74) is 10.3. The Labute approximate surface area is 57.9 Å². The van der Waals surface area contributed by atoms with Crippen LogP contribution < -0.4 is 11.5 Å². The van der Waals surface area contributed by atoms with Gasteiger partial charge in [-0.25, -0.2) is 0 Å². The fraction of sp³-hybridized carbons (Fsp3) is 0.500. The Morgan fingerprint density at radius 2 is 1.44 bits per heavy atom. The zero-order valence-corrected chi connectivity index (χ0v) is 6.27. The van der Waals surface area contributed by atoms with Gasteiger partial charge in [-0.3, -0.25) is 0 Å². The molecule has 0 saturated heterocycles. The largest absolute Gasteiger partial charge is 0.374 e. The summed E-state index contributed by atoms with van der Waals surface area (Å²) in [6, 6.07) is 0. The van der Waals surface area contributed by atoms with Crippen LogP contribution in [0.1, 0.15) is 13.8 Å². The third kappa shape index (κ3) is 2.86. The van der Waals surface area contributed by atoms with E-state index in [1.165, 1.54) is 11.3 Å². The van der Waals surface area contributed by atoms with Gasteiger partial charge in [-0.1, -0.05) is 25.2 Å². The molecule has 0 aliphatic rings. The number of hydrogen-bond acceptors (Lipinski definition) is 5. The van der Waals surface area contributed by atoms with E-state index in [9.17, 15) is 0 Å². The first-order chi connectivity index (χ1) is 4.29. The van der Waals surface area contributed by atoms with Crippen molar-refractivity contribution in [1.82, 2.24) is 10.2 Å². The summed E-state index contributed by atoms with van der Waals surface area (Å²) in [6.45, 7) is 4.00. The molecular formula is C4H10N4S. The van der Waals surface area contributed by atoms with Gasteiger partial charge >= 0.3 is 0 Å². The highest BCUT2D eigenvalue weighted by atomic mass is 32.1. The maximum Gasteiger partial charge on any atom is 0.204 e. The lowest BCUT2D eigenvalue weighted by Crippen LogP contribution is -1.81. The Balaban J connectivity index is 0.000000291. The van der Waals surface area contributed by atoms with Crippen molar-refractivity contribution in [3.8, 4) is 0 Å². The fourth-order valence-corrected chi connectivity index (χ4v) is 0.624. The minimum atomic E-state index is 0.414. The van der Waals surface area contributed by atoms with Crippen LogP contribution in [0.15, 0.2) is 0 Å². The molecule has 52 valence electrons. The van der Waals surface area contributed by atoms with E-state index in [-0.39, 0.29) is 0 Å². The van der Waals surface area contributed by atoms with Crippen molar-refractivity contribution in [2.45, 2.75) is 13.8 Å². The molecule has 1 rings (SSSR count). The van der Waals surface area contributed by atoms with Crippen molar-refractivity contribution in [1.29, 1.82) is 0 Å². The predicted molar refractivity (Wildman–Crippen MR) is 40.1 cm³/mol. The number of hydrogen-bond donors (Lipinski definition) is 2. The Bertz CT molecular complexity index is 145. The van der Waals surface area contributed by atoms with E-state index in [4.69, 9.17) is 11.5 Å². The van der Waals surface area contributed by atoms with Crippen LogP contribution in [-0.2, 0) is 0 Å². The van der Waals surface area contributed by atoms with Gasteiger partial charge in [0.15, 0.2) is 0 Å². The fourth-order valence-electron chi connectivity index (χ4n) is 0.247. The van der Waals surface area contributed by atoms with Crippen molar-refractivity contribution in [3.63, 3.8) is 0 Å². The number of aromatic nitrogens is 2. The molecule has 1 aromatic rings. The number of rotatable bonds is 0. The van der Waals surface area contributed by atoms with Crippen LogP contribution in [0, 0.1) is 0 Å². The van der Waals surface area contributed by atoms with Gasteiger partial charge in [0.05, 0.1) is 0 Å². The highest BCUT2D eigenvalue weighted by Crippen LogP contribution is 2.10. The summed E-state index contributed by atoms with van der Waals surface area (Å²) in [5, 5.41) is 7.70. The maximum atomic E-state index is 5.14. The Hall–Kier alpha value is -0.840. The molecule has 0 atom stereocenters. The summed E-state index contributed by atoms with van der Waals surface area (Å²) >= 11 is 1.18. The second-order valence-electron chi connectivity index (χ2n) is 0.979. The van der Waals surface area contributed by atoms with Gasteiger partial charge in [-0.15, -0.1) is 10.2 Å². The van der Waals surface area contributed by atoms with E-state index in [2.05, 4.69) is 10.2 Å². The van der Waals surface area contributed by atoms with Gasteiger partial charge in [-0.05, 0) is 0 Å². The monoisotopic (exact) mass is 146 g/mol. The summed E-state index contributed by atoms with van der Waals surface area (Å²) in [5.74, 6) is 0. The molecule has 0 aliphatic heterocycles. The topological polar surface area (TPSA) is 77.8 Å². The third-order valence-electron chi connectivity index (χ3n) is 0.456. The SMILES string of the molecule is CC.Nc1nnc(N)s1. The number of anilines is 2. The van der Waals surface area contributed by atoms with Gasteiger partial charge in [0.1, 0.15) is 0 Å². The number of nitrogen functional groups attached to an aromatic ring is 2. The maximum absolute atomic E-state index is 5.14. The number of nitrogens with zero attached hydrogens (tertiary/aromatic N) is 2. The molecule has 1 heterocycles. The van der Waals surface area contributed by atoms with Crippen molar-refractivity contribution in [2.24, 2.45) is 0 Å². The summed E-state index contributed by atoms with van der Waals surface area (Å²) < 4.78 is 0. The van der Waals surface area contributed by atoms with E-state index in [1.54, 1.807) is 0 Å². The van der Waals surface area contributed by atoms with Crippen LogP contribution in [0.25, 0.3) is 0 Å². The molecule has 4 N–H and O–H groups in total. The minimum absolute atomic E-state index is 0.414. The van der Waals surface area contributed by atoms with Gasteiger partial charge < -0.3 is 11.5 Å². The van der Waals surface area contributed by atoms with Crippen LogP contribution in [0.4, 0.5) is 10.3 Å². The average Bonchev–Trinajstić information content (AvgIpc) is 2.20. The second-order valence-corrected chi connectivity index (χ2v) is 2.02. The smallest absolute Gasteiger partial charge is 0.204 e. The molecule has 0 unspecified atom stereocenters. The molecule has 0 aliphatic carbocycles. The molecule has 9 heavy (non-hydrogen) atoms. The van der Waals surface area contributed by atoms with Crippen LogP contribution in [0.2, 0.25) is 0 Å². The van der Waals surface area contributed by atoms with Crippen molar-refractivity contribution < 1.29 is 0 Å². The van der Waals surface area contributed by atoms with Crippen LogP contribution >= 0.6 is 11.3 Å². The highest BCUT2D eigenvalue weighted by Gasteiger charge is 1.89. The lowest BCUT2D eigenvalue weighted by Gasteiger charge is -1.67. The van der Waals surface area contributed by atoms with Crippen molar-refractivity contribution in [2.75, 3.05) is 11.5 Å². The molecule has 5 heteroatoms. The molecule has 0 fully saturated rings. The first kappa shape index (κ1) is 8.16. The van der Waals surface area contributed by atoms with Gasteiger partial charge in [0.2, 0.25) is 10.3 Å². The first-order valence-electron chi connectivity index (χ1n) is 2.63. The summed E-state index contributed by atoms with van der Waals surface area (Å²) in [7, 11) is 0. The molecule has 4 nitrogen and oxygen atoms in total. The second kappa shape index (κ2) is 4.08. The van der Waals surface area contributed by atoms with Gasteiger partial charge in [-0.2, -0.15) is 0 Å². The van der Waals surface area contributed by atoms with E-state index >= 15 is 0 Å². The lowest BCUT2D eigenvalue weighted by molar-refractivity contribution is 1.11. The van der Waals surface area contributed by atoms with Crippen molar-refractivity contribution in [3.05, 3.63) is 0 Å². The molecule has 0 saturated carbocycles. The average molecular weight is 146 g/mol. The Kier molecular flexibility index (Phi) is 3.70. The quantitative estimate of drug-likeness (QED) is 0.565. The van der Waals surface area contributed by atoms with E-state index in [1.807, 2.05) is 13.8 Å². The van der Waals surface area contributed by atoms with E-state index in [0.29, 0.717) is 10.3 Å². The predicted octanol–water partition coefficient (Wildman–Crippen LogP) is 0.729. The summed E-state index contributed by atoms with van der Waals surface area (Å²) in [4.78, 5) is 0. The molecule has 0 spiro atoms. The molecule has 0 radical (unpaired) electrons. The zero-order chi connectivity index (χ0) is 7.28. The normalized spacial score (nSPS) is 7.78. The molecular weight excluding hydrogens is 136 g/mol. The number of nitrogens with two attached hydrogens (primary N) is 2. The van der Waals surface area contributed by atoms with Gasteiger partial charge in [0.25, 0.3) is 0 Å². The van der Waals surface area contributed by atoms with Crippen molar-refractivity contribution >= 4 is 21.6 Å². The van der Waals surface area contributed by atoms with E-state index < -0.39 is 0 Å². The standard InChI is InChI=1S/C2H4N4S.C2H6/c3-1-5-6-2(4)7-1;1-2/h(H2,3,5)(H2,4,6);1-2H3. The third-order valence-corrected chi connectivity index (χ3v) is 1.04. The molecule has 0 bridgehead atoms. The minimum Gasteiger partial charge on any atom is -0.374 e. The Morgan fingerprint density at radius 1 is 1.11 bits per heavy atom. The zero-order valence-electron chi connectivity index (χ0n) is 5.46. The molecule has 0 aromatic carbocycles. The lowest BCUT2D eigenvalue weighted by atomic mass is 11.0. The Morgan fingerprint density at radius 3 is 1.56 bits per heavy atom. The first-order valence-corrected chi connectivity index (χ1v) is 3.45. The van der Waals surface area contributed by atoms with Gasteiger partial charge in [0, 0.05) is 0 Å². The van der Waals surface area contributed by atoms with Crippen LogP contribution in [0.3, 0.4) is 0 Å².